The predicted molar refractivity (Wildman–Crippen MR) is 105 cm³/mol. The summed E-state index contributed by atoms with van der Waals surface area (Å²) in [5.74, 6) is -1.11. The van der Waals surface area contributed by atoms with Crippen LogP contribution >= 0.6 is 11.6 Å². The Morgan fingerprint density at radius 2 is 2.11 bits per heavy atom. The third kappa shape index (κ3) is 5.13. The van der Waals surface area contributed by atoms with Gasteiger partial charge in [-0.1, -0.05) is 29.8 Å². The molecule has 1 heterocycles. The predicted octanol–water partition coefficient (Wildman–Crippen LogP) is 2.08. The number of allylic oxidation sites excluding steroid dienone is 1. The molecule has 28 heavy (non-hydrogen) atoms. The molecule has 0 saturated carbocycles. The molecule has 0 bridgehead atoms. The van der Waals surface area contributed by atoms with Gasteiger partial charge in [-0.15, -0.1) is 0 Å². The molecule has 3 N–H and O–H groups in total. The standard InChI is InChI=1S/C20H24ClN2O5/c1-3-28-20(25)19-17(11-26-9-8-22)23-13(2)15(10-27-12-24)18(19)14-6-4-5-7-16(14)21/h4-7,12,18,23H,1,3,8-11,22H2,2H3. The van der Waals surface area contributed by atoms with Crippen LogP contribution in [0.15, 0.2) is 46.8 Å². The van der Waals surface area contributed by atoms with E-state index in [2.05, 4.69) is 12.2 Å². The molecule has 0 spiro atoms. The lowest BCUT2D eigenvalue weighted by Gasteiger charge is -2.32. The number of hydrogen-bond donors (Lipinski definition) is 2. The number of dihydropyridines is 1. The zero-order chi connectivity index (χ0) is 20.5. The molecular weight excluding hydrogens is 384 g/mol. The number of rotatable bonds is 10. The number of carbonyl (C=O) groups excluding carboxylic acids is 2. The molecule has 0 saturated heterocycles. The van der Waals surface area contributed by atoms with Crippen LogP contribution in [-0.2, 0) is 23.8 Å². The quantitative estimate of drug-likeness (QED) is 0.348. The van der Waals surface area contributed by atoms with Crippen LogP contribution in [0.1, 0.15) is 18.4 Å². The van der Waals surface area contributed by atoms with Gasteiger partial charge in [-0.05, 0) is 31.1 Å². The molecule has 0 amide bonds. The number of carbonyl (C=O) groups is 2. The summed E-state index contributed by atoms with van der Waals surface area (Å²) >= 11 is 6.44. The minimum Gasteiger partial charge on any atom is -0.463 e. The van der Waals surface area contributed by atoms with E-state index >= 15 is 0 Å². The average Bonchev–Trinajstić information content (AvgIpc) is 2.67. The van der Waals surface area contributed by atoms with Crippen molar-refractivity contribution in [2.45, 2.75) is 12.8 Å². The summed E-state index contributed by atoms with van der Waals surface area (Å²) in [6, 6.07) is 7.18. The van der Waals surface area contributed by atoms with E-state index in [-0.39, 0.29) is 19.8 Å². The summed E-state index contributed by atoms with van der Waals surface area (Å²) < 4.78 is 15.7. The molecule has 1 aromatic rings. The highest BCUT2D eigenvalue weighted by atomic mass is 35.5. The van der Waals surface area contributed by atoms with Crippen molar-refractivity contribution < 1.29 is 23.8 Å². The summed E-state index contributed by atoms with van der Waals surface area (Å²) in [6.07, 6.45) is 0. The van der Waals surface area contributed by atoms with Gasteiger partial charge in [0.25, 0.3) is 6.47 Å². The molecule has 1 atom stereocenters. The number of ether oxygens (including phenoxy) is 3. The van der Waals surface area contributed by atoms with Gasteiger partial charge in [-0.25, -0.2) is 4.79 Å². The maximum absolute atomic E-state index is 12.8. The van der Waals surface area contributed by atoms with Crippen molar-refractivity contribution in [2.24, 2.45) is 5.73 Å². The molecule has 0 aromatic heterocycles. The fourth-order valence-electron chi connectivity index (χ4n) is 3.09. The monoisotopic (exact) mass is 407 g/mol. The van der Waals surface area contributed by atoms with E-state index in [9.17, 15) is 9.59 Å². The van der Waals surface area contributed by atoms with Gasteiger partial charge in [0.1, 0.15) is 6.61 Å². The Labute approximate surface area is 169 Å². The minimum absolute atomic E-state index is 0.00366. The first-order valence-corrected chi connectivity index (χ1v) is 9.16. The van der Waals surface area contributed by atoms with Gasteiger partial charge in [0.15, 0.2) is 0 Å². The summed E-state index contributed by atoms with van der Waals surface area (Å²) in [6.45, 7) is 6.57. The fourth-order valence-corrected chi connectivity index (χ4v) is 3.33. The molecule has 0 fully saturated rings. The molecule has 2 rings (SSSR count). The number of halogens is 1. The maximum Gasteiger partial charge on any atom is 0.336 e. The first-order valence-electron chi connectivity index (χ1n) is 8.78. The molecule has 1 aromatic carbocycles. The van der Waals surface area contributed by atoms with E-state index in [1.807, 2.05) is 19.1 Å². The van der Waals surface area contributed by atoms with E-state index in [0.29, 0.717) is 47.1 Å². The summed E-state index contributed by atoms with van der Waals surface area (Å²) in [4.78, 5) is 23.6. The van der Waals surface area contributed by atoms with Gasteiger partial charge in [-0.2, -0.15) is 0 Å². The summed E-state index contributed by atoms with van der Waals surface area (Å²) in [5, 5.41) is 3.66. The van der Waals surface area contributed by atoms with E-state index in [4.69, 9.17) is 31.5 Å². The third-order valence-electron chi connectivity index (χ3n) is 4.27. The van der Waals surface area contributed by atoms with Crippen molar-refractivity contribution in [2.75, 3.05) is 33.0 Å². The number of nitrogens with one attached hydrogen (secondary N) is 1. The first-order chi connectivity index (χ1) is 13.5. The molecule has 0 aliphatic carbocycles. The maximum atomic E-state index is 12.8. The molecule has 7 nitrogen and oxygen atoms in total. The van der Waals surface area contributed by atoms with E-state index in [0.717, 1.165) is 5.70 Å². The zero-order valence-corrected chi connectivity index (χ0v) is 16.5. The highest BCUT2D eigenvalue weighted by Crippen LogP contribution is 2.41. The van der Waals surface area contributed by atoms with Gasteiger partial charge < -0.3 is 25.3 Å². The Kier molecular flexibility index (Phi) is 8.50. The third-order valence-corrected chi connectivity index (χ3v) is 4.61. The Bertz CT molecular complexity index is 776. The SMILES string of the molecule is [CH2]COC(=O)C1=C(COCCN)NC(C)=C(COC=O)C1c1ccccc1Cl. The molecule has 1 aliphatic heterocycles. The summed E-state index contributed by atoms with van der Waals surface area (Å²) in [7, 11) is 0. The minimum atomic E-state index is -0.564. The van der Waals surface area contributed by atoms with Gasteiger partial charge in [0.05, 0.1) is 31.1 Å². The van der Waals surface area contributed by atoms with Crippen LogP contribution in [0.5, 0.6) is 0 Å². The first kappa shape index (κ1) is 21.9. The molecule has 1 unspecified atom stereocenters. The highest BCUT2D eigenvalue weighted by molar-refractivity contribution is 6.31. The molecular formula is C20H24ClN2O5. The Hall–Kier alpha value is -2.35. The van der Waals surface area contributed by atoms with Crippen molar-refractivity contribution in [3.05, 3.63) is 64.3 Å². The van der Waals surface area contributed by atoms with Crippen LogP contribution in [0.3, 0.4) is 0 Å². The Morgan fingerprint density at radius 3 is 2.75 bits per heavy atom. The van der Waals surface area contributed by atoms with E-state index in [1.165, 1.54) is 0 Å². The van der Waals surface area contributed by atoms with Crippen molar-refractivity contribution in [1.29, 1.82) is 0 Å². The second-order valence-corrected chi connectivity index (χ2v) is 6.41. The molecule has 8 heteroatoms. The number of esters is 1. The molecule has 151 valence electrons. The molecule has 1 aliphatic rings. The second kappa shape index (κ2) is 10.8. The van der Waals surface area contributed by atoms with Crippen molar-refractivity contribution in [3.63, 3.8) is 0 Å². The van der Waals surface area contributed by atoms with Crippen LogP contribution in [0.2, 0.25) is 5.02 Å². The van der Waals surface area contributed by atoms with Crippen LogP contribution < -0.4 is 11.1 Å². The van der Waals surface area contributed by atoms with Crippen molar-refractivity contribution in [3.8, 4) is 0 Å². The van der Waals surface area contributed by atoms with E-state index < -0.39 is 11.9 Å². The zero-order valence-electron chi connectivity index (χ0n) is 15.7. The van der Waals surface area contributed by atoms with Gasteiger partial charge in [0.2, 0.25) is 0 Å². The highest BCUT2D eigenvalue weighted by Gasteiger charge is 2.36. The average molecular weight is 408 g/mol. The number of hydrogen-bond acceptors (Lipinski definition) is 7. The van der Waals surface area contributed by atoms with Crippen LogP contribution in [0.4, 0.5) is 0 Å². The lowest BCUT2D eigenvalue weighted by Crippen LogP contribution is -2.33. The Morgan fingerprint density at radius 1 is 1.36 bits per heavy atom. The fraction of sp³-hybridized carbons (Fsp3) is 0.350. The van der Waals surface area contributed by atoms with Crippen molar-refractivity contribution in [1.82, 2.24) is 5.32 Å². The lowest BCUT2D eigenvalue weighted by molar-refractivity contribution is -0.138. The van der Waals surface area contributed by atoms with E-state index in [1.54, 1.807) is 12.1 Å². The van der Waals surface area contributed by atoms with Gasteiger partial charge in [-0.3, -0.25) is 4.79 Å². The smallest absolute Gasteiger partial charge is 0.336 e. The van der Waals surface area contributed by atoms with Gasteiger partial charge in [0, 0.05) is 23.2 Å². The van der Waals surface area contributed by atoms with Gasteiger partial charge >= 0.3 is 5.97 Å². The van der Waals surface area contributed by atoms with Crippen LogP contribution in [0.25, 0.3) is 0 Å². The van der Waals surface area contributed by atoms with Crippen LogP contribution in [0, 0.1) is 6.92 Å². The van der Waals surface area contributed by atoms with Crippen molar-refractivity contribution >= 4 is 24.0 Å². The Balaban J connectivity index is 2.60. The topological polar surface area (TPSA) is 99.9 Å². The largest absolute Gasteiger partial charge is 0.463 e. The normalized spacial score (nSPS) is 16.6. The van der Waals surface area contributed by atoms with Crippen LogP contribution in [-0.4, -0.2) is 45.4 Å². The number of nitrogens with two attached hydrogens (primary N) is 1. The number of benzene rings is 1. The second-order valence-electron chi connectivity index (χ2n) is 6.01. The lowest BCUT2D eigenvalue weighted by atomic mass is 9.80. The summed E-state index contributed by atoms with van der Waals surface area (Å²) in [5.41, 5.74) is 8.50. The molecule has 1 radical (unpaired) electrons.